The van der Waals surface area contributed by atoms with E-state index in [2.05, 4.69) is 5.32 Å². The van der Waals surface area contributed by atoms with E-state index in [0.717, 1.165) is 13.1 Å². The molecule has 0 bridgehead atoms. The highest BCUT2D eigenvalue weighted by Gasteiger charge is 2.24. The van der Waals surface area contributed by atoms with Crippen LogP contribution in [0.4, 0.5) is 5.69 Å². The number of aromatic nitrogens is 2. The topological polar surface area (TPSA) is 99.2 Å². The van der Waals surface area contributed by atoms with E-state index in [0.29, 0.717) is 24.9 Å². The van der Waals surface area contributed by atoms with Crippen molar-refractivity contribution >= 4 is 28.2 Å². The molecule has 1 aliphatic rings. The Bertz CT molecular complexity index is 928. The van der Waals surface area contributed by atoms with Gasteiger partial charge in [0, 0.05) is 18.7 Å². The van der Waals surface area contributed by atoms with Crippen LogP contribution >= 0.6 is 11.6 Å². The fourth-order valence-electron chi connectivity index (χ4n) is 3.23. The molecule has 128 valence electrons. The minimum Gasteiger partial charge on any atom is -0.317 e. The van der Waals surface area contributed by atoms with E-state index in [-0.39, 0.29) is 22.1 Å². The van der Waals surface area contributed by atoms with Gasteiger partial charge in [-0.2, -0.15) is 0 Å². The standard InChI is InChI=1S/C15H17ClN4O4/c1-2-18-12-8-11(16)13(20(23)24)7-10(12)14(21)19(15(18)22)9-3-5-17-6-4-9/h7-9,17H,2-6H2,1H3. The van der Waals surface area contributed by atoms with Crippen LogP contribution in [0.3, 0.4) is 0 Å². The van der Waals surface area contributed by atoms with Crippen LogP contribution in [0.15, 0.2) is 21.7 Å². The molecule has 1 saturated heterocycles. The number of hydrogen-bond donors (Lipinski definition) is 1. The van der Waals surface area contributed by atoms with Gasteiger partial charge < -0.3 is 5.32 Å². The largest absolute Gasteiger partial charge is 0.331 e. The minimum atomic E-state index is -0.628. The van der Waals surface area contributed by atoms with Gasteiger partial charge in [0.2, 0.25) is 0 Å². The Balaban J connectivity index is 2.37. The summed E-state index contributed by atoms with van der Waals surface area (Å²) >= 11 is 5.95. The van der Waals surface area contributed by atoms with Gasteiger partial charge in [-0.15, -0.1) is 0 Å². The average molecular weight is 353 g/mol. The van der Waals surface area contributed by atoms with Crippen molar-refractivity contribution in [1.29, 1.82) is 0 Å². The van der Waals surface area contributed by atoms with Gasteiger partial charge in [0.25, 0.3) is 11.2 Å². The van der Waals surface area contributed by atoms with Crippen molar-refractivity contribution < 1.29 is 4.92 Å². The Morgan fingerprint density at radius 2 is 2.00 bits per heavy atom. The second kappa shape index (κ2) is 6.37. The number of rotatable bonds is 3. The summed E-state index contributed by atoms with van der Waals surface area (Å²) in [6.45, 7) is 3.57. The summed E-state index contributed by atoms with van der Waals surface area (Å²) in [5.74, 6) is 0. The third-order valence-electron chi connectivity index (χ3n) is 4.43. The number of benzene rings is 1. The second-order valence-corrected chi connectivity index (χ2v) is 6.17. The second-order valence-electron chi connectivity index (χ2n) is 5.76. The zero-order valence-corrected chi connectivity index (χ0v) is 13.9. The van der Waals surface area contributed by atoms with Gasteiger partial charge in [-0.05, 0) is 38.9 Å². The van der Waals surface area contributed by atoms with E-state index in [1.807, 2.05) is 0 Å². The predicted molar refractivity (Wildman–Crippen MR) is 90.9 cm³/mol. The molecular weight excluding hydrogens is 336 g/mol. The van der Waals surface area contributed by atoms with Gasteiger partial charge in [0.1, 0.15) is 5.02 Å². The van der Waals surface area contributed by atoms with E-state index in [1.165, 1.54) is 21.3 Å². The first kappa shape index (κ1) is 16.7. The van der Waals surface area contributed by atoms with E-state index in [4.69, 9.17) is 11.6 Å². The first-order valence-electron chi connectivity index (χ1n) is 7.79. The lowest BCUT2D eigenvalue weighted by atomic mass is 10.1. The fourth-order valence-corrected chi connectivity index (χ4v) is 3.45. The molecule has 1 fully saturated rings. The zero-order valence-electron chi connectivity index (χ0n) is 13.1. The zero-order chi connectivity index (χ0) is 17.4. The Hall–Kier alpha value is -2.19. The third-order valence-corrected chi connectivity index (χ3v) is 4.73. The quantitative estimate of drug-likeness (QED) is 0.669. The van der Waals surface area contributed by atoms with E-state index < -0.39 is 16.2 Å². The maximum Gasteiger partial charge on any atom is 0.331 e. The maximum atomic E-state index is 12.9. The molecule has 9 heteroatoms. The number of piperidine rings is 1. The first-order chi connectivity index (χ1) is 11.5. The summed E-state index contributed by atoms with van der Waals surface area (Å²) in [4.78, 5) is 36.2. The Labute approximate surface area is 141 Å². The molecule has 0 radical (unpaired) electrons. The lowest BCUT2D eigenvalue weighted by molar-refractivity contribution is -0.384. The molecule has 0 amide bonds. The van der Waals surface area contributed by atoms with Gasteiger partial charge in [-0.1, -0.05) is 11.6 Å². The normalized spacial score (nSPS) is 15.8. The highest BCUT2D eigenvalue weighted by molar-refractivity contribution is 6.33. The molecule has 1 aromatic carbocycles. The molecule has 1 N–H and O–H groups in total. The Kier molecular flexibility index (Phi) is 4.42. The van der Waals surface area contributed by atoms with Gasteiger partial charge in [0.15, 0.2) is 0 Å². The van der Waals surface area contributed by atoms with Gasteiger partial charge in [-0.25, -0.2) is 4.79 Å². The van der Waals surface area contributed by atoms with E-state index in [1.54, 1.807) is 6.92 Å². The van der Waals surface area contributed by atoms with Crippen LogP contribution in [0.25, 0.3) is 10.9 Å². The highest BCUT2D eigenvalue weighted by atomic mass is 35.5. The number of aryl methyl sites for hydroxylation is 1. The smallest absolute Gasteiger partial charge is 0.317 e. The van der Waals surface area contributed by atoms with Crippen molar-refractivity contribution in [3.05, 3.63) is 48.1 Å². The van der Waals surface area contributed by atoms with Crippen LogP contribution in [-0.4, -0.2) is 27.1 Å². The number of nitro benzene ring substituents is 1. The van der Waals surface area contributed by atoms with Crippen molar-refractivity contribution in [2.24, 2.45) is 0 Å². The van der Waals surface area contributed by atoms with Crippen molar-refractivity contribution in [2.45, 2.75) is 32.4 Å². The summed E-state index contributed by atoms with van der Waals surface area (Å²) in [6, 6.07) is 2.29. The average Bonchev–Trinajstić information content (AvgIpc) is 2.55. The maximum absolute atomic E-state index is 12.9. The number of hydrogen-bond acceptors (Lipinski definition) is 5. The molecule has 2 aromatic rings. The first-order valence-corrected chi connectivity index (χ1v) is 8.17. The molecule has 8 nitrogen and oxygen atoms in total. The minimum absolute atomic E-state index is 0.0897. The highest BCUT2D eigenvalue weighted by Crippen LogP contribution is 2.28. The summed E-state index contributed by atoms with van der Waals surface area (Å²) in [5.41, 5.74) is -0.897. The van der Waals surface area contributed by atoms with Gasteiger partial charge in [-0.3, -0.25) is 24.0 Å². The van der Waals surface area contributed by atoms with Crippen molar-refractivity contribution in [2.75, 3.05) is 13.1 Å². The number of nitrogens with zero attached hydrogens (tertiary/aromatic N) is 3. The molecule has 1 aromatic heterocycles. The van der Waals surface area contributed by atoms with Crippen LogP contribution in [0.2, 0.25) is 5.02 Å². The van der Waals surface area contributed by atoms with Crippen molar-refractivity contribution in [3.63, 3.8) is 0 Å². The number of halogens is 1. The lowest BCUT2D eigenvalue weighted by Crippen LogP contribution is -2.45. The predicted octanol–water partition coefficient (Wildman–Crippen LogP) is 1.67. The van der Waals surface area contributed by atoms with Crippen molar-refractivity contribution in [1.82, 2.24) is 14.5 Å². The van der Waals surface area contributed by atoms with Crippen LogP contribution < -0.4 is 16.6 Å². The third kappa shape index (κ3) is 2.61. The van der Waals surface area contributed by atoms with E-state index in [9.17, 15) is 19.7 Å². The summed E-state index contributed by atoms with van der Waals surface area (Å²) in [7, 11) is 0. The Morgan fingerprint density at radius 3 is 2.58 bits per heavy atom. The molecule has 0 aliphatic carbocycles. The molecule has 1 aliphatic heterocycles. The van der Waals surface area contributed by atoms with Crippen LogP contribution in [0.1, 0.15) is 25.8 Å². The molecule has 3 rings (SSSR count). The van der Waals surface area contributed by atoms with Gasteiger partial charge >= 0.3 is 5.69 Å². The molecular formula is C15H17ClN4O4. The number of nitro groups is 1. The molecule has 2 heterocycles. The van der Waals surface area contributed by atoms with Crippen LogP contribution in [0.5, 0.6) is 0 Å². The molecule has 0 saturated carbocycles. The summed E-state index contributed by atoms with van der Waals surface area (Å²) < 4.78 is 2.68. The number of nitrogens with one attached hydrogen (secondary N) is 1. The van der Waals surface area contributed by atoms with Crippen LogP contribution in [-0.2, 0) is 6.54 Å². The van der Waals surface area contributed by atoms with Gasteiger partial charge in [0.05, 0.1) is 15.8 Å². The van der Waals surface area contributed by atoms with Crippen molar-refractivity contribution in [3.8, 4) is 0 Å². The summed E-state index contributed by atoms with van der Waals surface area (Å²) in [5, 5.41) is 14.4. The number of fused-ring (bicyclic) bond motifs is 1. The summed E-state index contributed by atoms with van der Waals surface area (Å²) in [6.07, 6.45) is 1.33. The molecule has 0 spiro atoms. The Morgan fingerprint density at radius 1 is 1.33 bits per heavy atom. The molecule has 0 unspecified atom stereocenters. The SMILES string of the molecule is CCn1c(=O)n(C2CCNCC2)c(=O)c2cc([N+](=O)[O-])c(Cl)cc21. The fraction of sp³-hybridized carbons (Fsp3) is 0.467. The lowest BCUT2D eigenvalue weighted by Gasteiger charge is -2.25. The molecule has 0 atom stereocenters. The molecule has 24 heavy (non-hydrogen) atoms. The monoisotopic (exact) mass is 352 g/mol. The van der Waals surface area contributed by atoms with Crippen LogP contribution in [0, 0.1) is 10.1 Å². The van der Waals surface area contributed by atoms with E-state index >= 15 is 0 Å².